The average Bonchev–Trinajstić information content (AvgIpc) is 2.95. The molecule has 0 saturated carbocycles. The topological polar surface area (TPSA) is 46.6 Å². The number of para-hydroxylation sites is 1. The Balaban J connectivity index is 0.00000225. The van der Waals surface area contributed by atoms with Gasteiger partial charge >= 0.3 is 5.97 Å². The van der Waals surface area contributed by atoms with E-state index in [1.165, 1.54) is 24.3 Å². The molecule has 0 radical (unpaired) electrons. The molecule has 0 amide bonds. The fourth-order valence-corrected chi connectivity index (χ4v) is 4.13. The van der Waals surface area contributed by atoms with Gasteiger partial charge in [0.15, 0.2) is 5.78 Å². The first-order valence-electron chi connectivity index (χ1n) is 9.41. The van der Waals surface area contributed by atoms with E-state index in [4.69, 9.17) is 4.74 Å². The molecule has 1 saturated heterocycles. The van der Waals surface area contributed by atoms with Gasteiger partial charge in [0.2, 0.25) is 0 Å². The number of fused-ring (bicyclic) bond motifs is 2. The zero-order valence-corrected chi connectivity index (χ0v) is 16.3. The number of likely N-dealkylation sites (tertiary alicyclic amines) is 1. The summed E-state index contributed by atoms with van der Waals surface area (Å²) < 4.78 is 18.4. The van der Waals surface area contributed by atoms with Gasteiger partial charge in [-0.2, -0.15) is 0 Å². The van der Waals surface area contributed by atoms with E-state index in [9.17, 15) is 14.0 Å². The molecule has 4 nitrogen and oxygen atoms in total. The van der Waals surface area contributed by atoms with E-state index in [1.807, 2.05) is 24.3 Å². The molecule has 6 heteroatoms. The molecule has 0 aliphatic carbocycles. The van der Waals surface area contributed by atoms with E-state index in [2.05, 4.69) is 4.90 Å². The monoisotopic (exact) mass is 403 g/mol. The van der Waals surface area contributed by atoms with Gasteiger partial charge in [-0.15, -0.1) is 12.4 Å². The van der Waals surface area contributed by atoms with Crippen LogP contribution in [0.4, 0.5) is 4.39 Å². The molecule has 1 spiro atoms. The van der Waals surface area contributed by atoms with E-state index >= 15 is 0 Å². The molecule has 2 aliphatic rings. The summed E-state index contributed by atoms with van der Waals surface area (Å²) in [4.78, 5) is 27.0. The van der Waals surface area contributed by atoms with Gasteiger partial charge in [-0.1, -0.05) is 18.2 Å². The zero-order valence-electron chi connectivity index (χ0n) is 15.5. The summed E-state index contributed by atoms with van der Waals surface area (Å²) in [6, 6.07) is 13.4. The number of piperidine rings is 1. The van der Waals surface area contributed by atoms with E-state index in [-0.39, 0.29) is 30.0 Å². The smallest absolute Gasteiger partial charge is 0.322 e. The Labute approximate surface area is 170 Å². The van der Waals surface area contributed by atoms with Crippen molar-refractivity contribution in [1.29, 1.82) is 0 Å². The number of esters is 1. The van der Waals surface area contributed by atoms with Crippen LogP contribution in [0.3, 0.4) is 0 Å². The van der Waals surface area contributed by atoms with Crippen molar-refractivity contribution in [3.05, 3.63) is 65.5 Å². The highest BCUT2D eigenvalue weighted by Crippen LogP contribution is 2.46. The Morgan fingerprint density at radius 2 is 1.75 bits per heavy atom. The molecule has 148 valence electrons. The Morgan fingerprint density at radius 3 is 2.46 bits per heavy atom. The molecule has 28 heavy (non-hydrogen) atoms. The molecular weight excluding hydrogens is 381 g/mol. The number of hydrogen-bond donors (Lipinski definition) is 0. The molecule has 1 fully saturated rings. The standard InChI is InChI=1S/C22H22FNO3.ClH/c23-17-9-7-16(8-10-17)19(25)5-3-13-24-14-11-22(12-15-24)18-4-1-2-6-20(18)27-21(22)26;/h1-2,4,6-10H,3,5,11-15H2;1H. The maximum absolute atomic E-state index is 12.9. The first-order valence-corrected chi connectivity index (χ1v) is 9.41. The fourth-order valence-electron chi connectivity index (χ4n) is 4.13. The lowest BCUT2D eigenvalue weighted by molar-refractivity contribution is -0.140. The SMILES string of the molecule is Cl.O=C(CCCN1CCC2(CC1)C(=O)Oc1ccccc12)c1ccc(F)cc1. The number of carbonyl (C=O) groups excluding carboxylic acids is 2. The zero-order chi connectivity index (χ0) is 18.9. The van der Waals surface area contributed by atoms with E-state index in [0.29, 0.717) is 17.7 Å². The summed E-state index contributed by atoms with van der Waals surface area (Å²) in [6.45, 7) is 2.45. The number of ether oxygens (including phenoxy) is 1. The maximum Gasteiger partial charge on any atom is 0.322 e. The lowest BCUT2D eigenvalue weighted by atomic mass is 9.74. The number of halogens is 2. The van der Waals surface area contributed by atoms with Crippen LogP contribution in [0.15, 0.2) is 48.5 Å². The van der Waals surface area contributed by atoms with Crippen LogP contribution in [0.25, 0.3) is 0 Å². The second-order valence-electron chi connectivity index (χ2n) is 7.34. The fraction of sp³-hybridized carbons (Fsp3) is 0.364. The number of Topliss-reactive ketones (excluding diaryl/α,β-unsaturated/α-hetero) is 1. The normalized spacial score (nSPS) is 17.7. The van der Waals surface area contributed by atoms with Crippen molar-refractivity contribution in [2.24, 2.45) is 0 Å². The van der Waals surface area contributed by atoms with Gasteiger partial charge in [0.25, 0.3) is 0 Å². The molecule has 0 aromatic heterocycles. The van der Waals surface area contributed by atoms with Crippen molar-refractivity contribution in [3.8, 4) is 5.75 Å². The van der Waals surface area contributed by atoms with Crippen LogP contribution < -0.4 is 4.74 Å². The molecule has 0 bridgehead atoms. The molecule has 2 aliphatic heterocycles. The highest BCUT2D eigenvalue weighted by Gasteiger charge is 2.50. The third-order valence-electron chi connectivity index (χ3n) is 5.75. The van der Waals surface area contributed by atoms with Crippen molar-refractivity contribution in [3.63, 3.8) is 0 Å². The quantitative estimate of drug-likeness (QED) is 0.427. The summed E-state index contributed by atoms with van der Waals surface area (Å²) in [7, 11) is 0. The van der Waals surface area contributed by atoms with Crippen molar-refractivity contribution in [2.75, 3.05) is 19.6 Å². The van der Waals surface area contributed by atoms with Gasteiger partial charge in [-0.05, 0) is 69.2 Å². The summed E-state index contributed by atoms with van der Waals surface area (Å²) in [5.74, 6) is 0.272. The second-order valence-corrected chi connectivity index (χ2v) is 7.34. The Bertz CT molecular complexity index is 860. The van der Waals surface area contributed by atoms with Crippen LogP contribution >= 0.6 is 12.4 Å². The predicted molar refractivity (Wildman–Crippen MR) is 107 cm³/mol. The maximum atomic E-state index is 12.9. The largest absolute Gasteiger partial charge is 0.426 e. The molecule has 0 unspecified atom stereocenters. The van der Waals surface area contributed by atoms with Crippen molar-refractivity contribution < 1.29 is 18.7 Å². The number of hydrogen-bond acceptors (Lipinski definition) is 4. The summed E-state index contributed by atoms with van der Waals surface area (Å²) >= 11 is 0. The second kappa shape index (κ2) is 8.41. The van der Waals surface area contributed by atoms with Crippen LogP contribution in [-0.2, 0) is 10.2 Å². The third kappa shape index (κ3) is 3.82. The number of carbonyl (C=O) groups is 2. The highest BCUT2D eigenvalue weighted by atomic mass is 35.5. The number of nitrogens with zero attached hydrogens (tertiary/aromatic N) is 1. The van der Waals surface area contributed by atoms with Gasteiger partial charge in [-0.25, -0.2) is 4.39 Å². The van der Waals surface area contributed by atoms with E-state index in [1.54, 1.807) is 0 Å². The van der Waals surface area contributed by atoms with E-state index in [0.717, 1.165) is 44.5 Å². The van der Waals surface area contributed by atoms with Gasteiger partial charge in [0.1, 0.15) is 11.6 Å². The Kier molecular flexibility index (Phi) is 6.16. The first-order chi connectivity index (χ1) is 13.1. The van der Waals surface area contributed by atoms with Crippen LogP contribution in [0, 0.1) is 5.82 Å². The highest BCUT2D eigenvalue weighted by molar-refractivity contribution is 5.96. The van der Waals surface area contributed by atoms with Crippen molar-refractivity contribution in [2.45, 2.75) is 31.1 Å². The number of benzene rings is 2. The van der Waals surface area contributed by atoms with Crippen LogP contribution in [0.1, 0.15) is 41.6 Å². The average molecular weight is 404 g/mol. The van der Waals surface area contributed by atoms with Crippen LogP contribution in [0.5, 0.6) is 5.75 Å². The van der Waals surface area contributed by atoms with Gasteiger partial charge in [0.05, 0.1) is 5.41 Å². The van der Waals surface area contributed by atoms with Crippen molar-refractivity contribution >= 4 is 24.2 Å². The lowest BCUT2D eigenvalue weighted by Crippen LogP contribution is -2.46. The molecular formula is C22H23ClFNO3. The van der Waals surface area contributed by atoms with Gasteiger partial charge in [-0.3, -0.25) is 9.59 Å². The Morgan fingerprint density at radius 1 is 1.07 bits per heavy atom. The molecule has 2 aromatic carbocycles. The summed E-state index contributed by atoms with van der Waals surface area (Å²) in [5, 5.41) is 0. The molecule has 0 atom stereocenters. The minimum Gasteiger partial charge on any atom is -0.426 e. The summed E-state index contributed by atoms with van der Waals surface area (Å²) in [5.41, 5.74) is 1.07. The van der Waals surface area contributed by atoms with Gasteiger partial charge < -0.3 is 9.64 Å². The molecule has 4 rings (SSSR count). The third-order valence-corrected chi connectivity index (χ3v) is 5.75. The van der Waals surface area contributed by atoms with E-state index < -0.39 is 5.41 Å². The lowest BCUT2D eigenvalue weighted by Gasteiger charge is -2.37. The van der Waals surface area contributed by atoms with Crippen LogP contribution in [-0.4, -0.2) is 36.3 Å². The number of ketones is 1. The van der Waals surface area contributed by atoms with Crippen LogP contribution in [0.2, 0.25) is 0 Å². The summed E-state index contributed by atoms with van der Waals surface area (Å²) in [6.07, 6.45) is 2.69. The van der Waals surface area contributed by atoms with Crippen molar-refractivity contribution in [1.82, 2.24) is 4.90 Å². The number of rotatable bonds is 5. The minimum absolute atomic E-state index is 0. The predicted octanol–water partition coefficient (Wildman–Crippen LogP) is 4.16. The Hall–Kier alpha value is -2.24. The minimum atomic E-state index is -0.503. The van der Waals surface area contributed by atoms with Gasteiger partial charge in [0, 0.05) is 17.5 Å². The molecule has 0 N–H and O–H groups in total. The molecule has 2 aromatic rings. The first kappa shape index (κ1) is 20.5. The molecule has 2 heterocycles.